The van der Waals surface area contributed by atoms with Crippen LogP contribution in [0.5, 0.6) is 11.5 Å². The first-order chi connectivity index (χ1) is 11.7. The van der Waals surface area contributed by atoms with E-state index in [-0.39, 0.29) is 27.0 Å². The van der Waals surface area contributed by atoms with Gasteiger partial charge in [0.25, 0.3) is 15.7 Å². The van der Waals surface area contributed by atoms with Crippen molar-refractivity contribution < 1.29 is 22.8 Å². The van der Waals surface area contributed by atoms with Crippen molar-refractivity contribution in [2.24, 2.45) is 0 Å². The number of benzene rings is 2. The molecule has 10 heteroatoms. The molecular formula is C15H15ClN2O6S. The van der Waals surface area contributed by atoms with Crippen molar-refractivity contribution in [3.8, 4) is 11.5 Å². The third kappa shape index (κ3) is 3.62. The maximum atomic E-state index is 12.8. The van der Waals surface area contributed by atoms with Crippen molar-refractivity contribution >= 4 is 33.0 Å². The highest BCUT2D eigenvalue weighted by atomic mass is 35.5. The second kappa shape index (κ2) is 7.16. The molecule has 2 rings (SSSR count). The Morgan fingerprint density at radius 3 is 2.28 bits per heavy atom. The Bertz CT molecular complexity index is 916. The number of nitrogens with zero attached hydrogens (tertiary/aromatic N) is 2. The Morgan fingerprint density at radius 1 is 1.08 bits per heavy atom. The Balaban J connectivity index is 2.53. The average molecular weight is 387 g/mol. The largest absolute Gasteiger partial charge is 0.493 e. The quantitative estimate of drug-likeness (QED) is 0.558. The summed E-state index contributed by atoms with van der Waals surface area (Å²) in [6, 6.07) is 7.67. The molecule has 0 saturated heterocycles. The topological polar surface area (TPSA) is 99.0 Å². The molecule has 0 bridgehead atoms. The standard InChI is InChI=1S/C15H15ClN2O6S/c1-17(13-8-10(18(19)20)4-6-12(13)16)25(21,22)11-5-7-14(23-2)15(9-11)24-3/h4-9H,1-3H3. The SMILES string of the molecule is COc1ccc(S(=O)(=O)N(C)c2cc([N+](=O)[O-])ccc2Cl)cc1OC. The summed E-state index contributed by atoms with van der Waals surface area (Å²) in [6.45, 7) is 0. The van der Waals surface area contributed by atoms with Crippen LogP contribution in [0.4, 0.5) is 11.4 Å². The molecule has 0 amide bonds. The first-order valence-corrected chi connectivity index (χ1v) is 8.69. The van der Waals surface area contributed by atoms with Crippen molar-refractivity contribution in [2.75, 3.05) is 25.6 Å². The molecule has 0 spiro atoms. The predicted octanol–water partition coefficient (Wildman–Crippen LogP) is 3.09. The van der Waals surface area contributed by atoms with Gasteiger partial charge in [0.05, 0.1) is 34.7 Å². The zero-order valence-electron chi connectivity index (χ0n) is 13.6. The first-order valence-electron chi connectivity index (χ1n) is 6.87. The van der Waals surface area contributed by atoms with E-state index < -0.39 is 14.9 Å². The van der Waals surface area contributed by atoms with Gasteiger partial charge >= 0.3 is 0 Å². The van der Waals surface area contributed by atoms with Crippen LogP contribution in [-0.2, 0) is 10.0 Å². The highest BCUT2D eigenvalue weighted by Crippen LogP contribution is 2.35. The summed E-state index contributed by atoms with van der Waals surface area (Å²) in [5.41, 5.74) is -0.278. The van der Waals surface area contributed by atoms with E-state index in [1.54, 1.807) is 0 Å². The molecule has 0 fully saturated rings. The summed E-state index contributed by atoms with van der Waals surface area (Å²) in [4.78, 5) is 10.2. The molecule has 0 saturated carbocycles. The maximum absolute atomic E-state index is 12.8. The highest BCUT2D eigenvalue weighted by molar-refractivity contribution is 7.92. The van der Waals surface area contributed by atoms with E-state index in [1.165, 1.54) is 51.6 Å². The fraction of sp³-hybridized carbons (Fsp3) is 0.200. The second-order valence-corrected chi connectivity index (χ2v) is 7.26. The highest BCUT2D eigenvalue weighted by Gasteiger charge is 2.26. The molecule has 0 aliphatic rings. The molecule has 2 aromatic rings. The number of rotatable bonds is 6. The monoisotopic (exact) mass is 386 g/mol. The zero-order chi connectivity index (χ0) is 18.8. The number of hydrogen-bond donors (Lipinski definition) is 0. The number of methoxy groups -OCH3 is 2. The molecule has 0 N–H and O–H groups in total. The van der Waals surface area contributed by atoms with Gasteiger partial charge in [0.2, 0.25) is 0 Å². The molecule has 0 radical (unpaired) electrons. The molecular weight excluding hydrogens is 372 g/mol. The third-order valence-electron chi connectivity index (χ3n) is 3.49. The summed E-state index contributed by atoms with van der Waals surface area (Å²) in [5, 5.41) is 11.0. The van der Waals surface area contributed by atoms with Crippen LogP contribution in [0.3, 0.4) is 0 Å². The predicted molar refractivity (Wildman–Crippen MR) is 93.2 cm³/mol. The van der Waals surface area contributed by atoms with Crippen LogP contribution in [0, 0.1) is 10.1 Å². The van der Waals surface area contributed by atoms with Crippen molar-refractivity contribution in [1.82, 2.24) is 0 Å². The van der Waals surface area contributed by atoms with Crippen molar-refractivity contribution in [1.29, 1.82) is 0 Å². The van der Waals surface area contributed by atoms with Crippen LogP contribution in [0.1, 0.15) is 0 Å². The van der Waals surface area contributed by atoms with Crippen LogP contribution in [0.25, 0.3) is 0 Å². The third-order valence-corrected chi connectivity index (χ3v) is 5.58. The minimum atomic E-state index is -4.02. The number of non-ortho nitro benzene ring substituents is 1. The Kier molecular flexibility index (Phi) is 5.39. The van der Waals surface area contributed by atoms with Crippen molar-refractivity contribution in [3.05, 3.63) is 51.5 Å². The van der Waals surface area contributed by atoms with Crippen LogP contribution >= 0.6 is 11.6 Å². The van der Waals surface area contributed by atoms with Gasteiger partial charge in [0.1, 0.15) is 0 Å². The minimum absolute atomic E-state index is 0.00866. The lowest BCUT2D eigenvalue weighted by Gasteiger charge is -2.21. The maximum Gasteiger partial charge on any atom is 0.271 e. The number of anilines is 1. The van der Waals surface area contributed by atoms with E-state index in [0.717, 1.165) is 10.4 Å². The number of hydrogen-bond acceptors (Lipinski definition) is 6. The second-order valence-electron chi connectivity index (χ2n) is 4.88. The lowest BCUT2D eigenvalue weighted by Crippen LogP contribution is -2.27. The lowest BCUT2D eigenvalue weighted by atomic mass is 10.3. The van der Waals surface area contributed by atoms with Gasteiger partial charge in [-0.05, 0) is 18.2 Å². The van der Waals surface area contributed by atoms with E-state index in [9.17, 15) is 18.5 Å². The van der Waals surface area contributed by atoms with Gasteiger partial charge in [-0.3, -0.25) is 14.4 Å². The fourth-order valence-electron chi connectivity index (χ4n) is 2.12. The van der Waals surface area contributed by atoms with Gasteiger partial charge in [-0.25, -0.2) is 8.42 Å². The zero-order valence-corrected chi connectivity index (χ0v) is 15.2. The summed E-state index contributed by atoms with van der Waals surface area (Å²) in [5.74, 6) is 0.611. The van der Waals surface area contributed by atoms with Crippen molar-refractivity contribution in [2.45, 2.75) is 4.90 Å². The van der Waals surface area contributed by atoms with Gasteiger partial charge in [0.15, 0.2) is 11.5 Å². The summed E-state index contributed by atoms with van der Waals surface area (Å²) >= 11 is 6.02. The number of halogens is 1. The van der Waals surface area contributed by atoms with Crippen LogP contribution in [0.15, 0.2) is 41.3 Å². The van der Waals surface area contributed by atoms with Crippen LogP contribution < -0.4 is 13.8 Å². The smallest absolute Gasteiger partial charge is 0.271 e. The molecule has 0 aliphatic heterocycles. The molecule has 25 heavy (non-hydrogen) atoms. The van der Waals surface area contributed by atoms with E-state index in [4.69, 9.17) is 21.1 Å². The summed E-state index contributed by atoms with van der Waals surface area (Å²) in [6.07, 6.45) is 0. The number of sulfonamides is 1. The molecule has 0 unspecified atom stereocenters. The summed E-state index contributed by atoms with van der Waals surface area (Å²) in [7, 11) is 0.0529. The van der Waals surface area contributed by atoms with Gasteiger partial charge in [0, 0.05) is 25.2 Å². The number of nitro groups is 1. The normalized spacial score (nSPS) is 11.0. The first kappa shape index (κ1) is 18.8. The Labute approximate surface area is 149 Å². The minimum Gasteiger partial charge on any atom is -0.493 e. The van der Waals surface area contributed by atoms with E-state index in [0.29, 0.717) is 5.75 Å². The van der Waals surface area contributed by atoms with Crippen molar-refractivity contribution in [3.63, 3.8) is 0 Å². The fourth-order valence-corrected chi connectivity index (χ4v) is 3.64. The molecule has 0 aromatic heterocycles. The van der Waals surface area contributed by atoms with Crippen LogP contribution in [-0.4, -0.2) is 34.6 Å². The van der Waals surface area contributed by atoms with Gasteiger partial charge < -0.3 is 9.47 Å². The van der Waals surface area contributed by atoms with Gasteiger partial charge in [-0.2, -0.15) is 0 Å². The van der Waals surface area contributed by atoms with E-state index in [2.05, 4.69) is 0 Å². The summed E-state index contributed by atoms with van der Waals surface area (Å²) < 4.78 is 36.7. The Hall–Kier alpha value is -2.52. The lowest BCUT2D eigenvalue weighted by molar-refractivity contribution is -0.384. The molecule has 134 valence electrons. The van der Waals surface area contributed by atoms with E-state index >= 15 is 0 Å². The van der Waals surface area contributed by atoms with E-state index in [1.807, 2.05) is 0 Å². The van der Waals surface area contributed by atoms with Gasteiger partial charge in [-0.1, -0.05) is 11.6 Å². The Morgan fingerprint density at radius 2 is 1.72 bits per heavy atom. The molecule has 8 nitrogen and oxygen atoms in total. The average Bonchev–Trinajstić information content (AvgIpc) is 2.60. The molecule has 2 aromatic carbocycles. The van der Waals surface area contributed by atoms with Gasteiger partial charge in [-0.15, -0.1) is 0 Å². The molecule has 0 aliphatic carbocycles. The van der Waals surface area contributed by atoms with Crippen LogP contribution in [0.2, 0.25) is 5.02 Å². The number of ether oxygens (including phenoxy) is 2. The number of nitro benzene ring substituents is 1. The molecule has 0 heterocycles. The molecule has 0 atom stereocenters.